The van der Waals surface area contributed by atoms with Crippen molar-refractivity contribution in [2.75, 3.05) is 23.8 Å². The summed E-state index contributed by atoms with van der Waals surface area (Å²) in [5.74, 6) is 1.16. The van der Waals surface area contributed by atoms with Crippen LogP contribution in [-0.4, -0.2) is 24.1 Å². The standard InChI is InChI=1S/C22H23N3O3/c1-3-27-18-12-9-16(10-13-18)24-17-11-14-20(23-15-17)22(26)25-19-7-5-6-8-21(19)28-4-2/h5-15,24H,3-4H2,1-2H3,(H,25,26). The highest BCUT2D eigenvalue weighted by Gasteiger charge is 2.11. The molecule has 6 nitrogen and oxygen atoms in total. The van der Waals surface area contributed by atoms with Gasteiger partial charge in [0.25, 0.3) is 5.91 Å². The van der Waals surface area contributed by atoms with E-state index in [0.29, 0.717) is 30.3 Å². The van der Waals surface area contributed by atoms with E-state index in [0.717, 1.165) is 17.1 Å². The summed E-state index contributed by atoms with van der Waals surface area (Å²) in [6.45, 7) is 5.01. The van der Waals surface area contributed by atoms with E-state index < -0.39 is 0 Å². The number of pyridine rings is 1. The molecule has 1 amide bonds. The fraction of sp³-hybridized carbons (Fsp3) is 0.182. The Morgan fingerprint density at radius 2 is 1.61 bits per heavy atom. The Hall–Kier alpha value is -3.54. The highest BCUT2D eigenvalue weighted by molar-refractivity contribution is 6.03. The van der Waals surface area contributed by atoms with Crippen molar-refractivity contribution in [2.45, 2.75) is 13.8 Å². The summed E-state index contributed by atoms with van der Waals surface area (Å²) in [6.07, 6.45) is 1.62. The third-order valence-corrected chi connectivity index (χ3v) is 3.89. The highest BCUT2D eigenvalue weighted by Crippen LogP contribution is 2.24. The number of hydrogen-bond donors (Lipinski definition) is 2. The van der Waals surface area contributed by atoms with Gasteiger partial charge in [-0.15, -0.1) is 0 Å². The molecule has 2 N–H and O–H groups in total. The van der Waals surface area contributed by atoms with Gasteiger partial charge in [0, 0.05) is 5.69 Å². The van der Waals surface area contributed by atoms with Crippen LogP contribution in [0.25, 0.3) is 0 Å². The van der Waals surface area contributed by atoms with Crippen LogP contribution in [0.2, 0.25) is 0 Å². The van der Waals surface area contributed by atoms with Gasteiger partial charge in [0.05, 0.1) is 30.8 Å². The maximum Gasteiger partial charge on any atom is 0.274 e. The van der Waals surface area contributed by atoms with E-state index in [1.54, 1.807) is 18.3 Å². The molecule has 0 saturated heterocycles. The number of anilines is 3. The number of benzene rings is 2. The average molecular weight is 377 g/mol. The van der Waals surface area contributed by atoms with Gasteiger partial charge in [0.2, 0.25) is 0 Å². The van der Waals surface area contributed by atoms with Crippen LogP contribution in [0.5, 0.6) is 11.5 Å². The minimum Gasteiger partial charge on any atom is -0.494 e. The molecule has 28 heavy (non-hydrogen) atoms. The predicted molar refractivity (Wildman–Crippen MR) is 111 cm³/mol. The molecular weight excluding hydrogens is 354 g/mol. The number of amides is 1. The fourth-order valence-electron chi connectivity index (χ4n) is 2.61. The minimum absolute atomic E-state index is 0.292. The monoisotopic (exact) mass is 377 g/mol. The SMILES string of the molecule is CCOc1ccc(Nc2ccc(C(=O)Nc3ccccc3OCC)nc2)cc1. The molecule has 0 aliphatic heterocycles. The topological polar surface area (TPSA) is 72.5 Å². The molecule has 0 atom stereocenters. The first-order chi connectivity index (χ1) is 13.7. The zero-order valence-corrected chi connectivity index (χ0v) is 15.9. The smallest absolute Gasteiger partial charge is 0.274 e. The number of rotatable bonds is 8. The zero-order chi connectivity index (χ0) is 19.8. The van der Waals surface area contributed by atoms with Crippen LogP contribution in [-0.2, 0) is 0 Å². The maximum absolute atomic E-state index is 12.5. The molecule has 3 rings (SSSR count). The predicted octanol–water partition coefficient (Wildman–Crippen LogP) is 4.87. The van der Waals surface area contributed by atoms with Crippen molar-refractivity contribution in [3.63, 3.8) is 0 Å². The van der Waals surface area contributed by atoms with Crippen LogP contribution in [0.15, 0.2) is 66.9 Å². The van der Waals surface area contributed by atoms with Gasteiger partial charge in [0.15, 0.2) is 0 Å². The Bertz CT molecular complexity index is 909. The lowest BCUT2D eigenvalue weighted by molar-refractivity contribution is 0.102. The number of ether oxygens (including phenoxy) is 2. The van der Waals surface area contributed by atoms with Crippen molar-refractivity contribution in [1.29, 1.82) is 0 Å². The molecule has 0 radical (unpaired) electrons. The van der Waals surface area contributed by atoms with Crippen LogP contribution >= 0.6 is 0 Å². The number of carbonyl (C=O) groups excluding carboxylic acids is 1. The molecule has 6 heteroatoms. The molecule has 0 fully saturated rings. The Morgan fingerprint density at radius 3 is 2.29 bits per heavy atom. The third kappa shape index (κ3) is 5.01. The lowest BCUT2D eigenvalue weighted by atomic mass is 10.2. The number of aromatic nitrogens is 1. The van der Waals surface area contributed by atoms with Gasteiger partial charge in [0.1, 0.15) is 17.2 Å². The van der Waals surface area contributed by atoms with Gasteiger partial charge in [-0.25, -0.2) is 4.98 Å². The molecule has 1 heterocycles. The Labute approximate surface area is 164 Å². The summed E-state index contributed by atoms with van der Waals surface area (Å²) in [7, 11) is 0. The van der Waals surface area contributed by atoms with Gasteiger partial charge in [-0.05, 0) is 62.4 Å². The van der Waals surface area contributed by atoms with E-state index in [2.05, 4.69) is 15.6 Å². The second-order valence-corrected chi connectivity index (χ2v) is 5.90. The summed E-state index contributed by atoms with van der Waals surface area (Å²) in [5, 5.41) is 6.08. The second-order valence-electron chi connectivity index (χ2n) is 5.90. The number of carbonyl (C=O) groups is 1. The first-order valence-corrected chi connectivity index (χ1v) is 9.18. The van der Waals surface area contributed by atoms with E-state index in [1.165, 1.54) is 0 Å². The van der Waals surface area contributed by atoms with E-state index in [1.807, 2.05) is 62.4 Å². The number of hydrogen-bond acceptors (Lipinski definition) is 5. The molecule has 0 aliphatic rings. The lowest BCUT2D eigenvalue weighted by Gasteiger charge is -2.11. The first-order valence-electron chi connectivity index (χ1n) is 9.18. The molecule has 0 spiro atoms. The molecule has 0 saturated carbocycles. The van der Waals surface area contributed by atoms with Gasteiger partial charge in [-0.1, -0.05) is 12.1 Å². The molecule has 3 aromatic rings. The summed E-state index contributed by atoms with van der Waals surface area (Å²) in [5.41, 5.74) is 2.64. The van der Waals surface area contributed by atoms with E-state index in [4.69, 9.17) is 9.47 Å². The Kier molecular flexibility index (Phi) is 6.46. The van der Waals surface area contributed by atoms with E-state index in [-0.39, 0.29) is 5.91 Å². The Balaban J connectivity index is 1.64. The summed E-state index contributed by atoms with van der Waals surface area (Å²) in [6, 6.07) is 18.5. The molecule has 0 aliphatic carbocycles. The fourth-order valence-corrected chi connectivity index (χ4v) is 2.61. The largest absolute Gasteiger partial charge is 0.494 e. The normalized spacial score (nSPS) is 10.2. The molecule has 144 valence electrons. The summed E-state index contributed by atoms with van der Waals surface area (Å²) in [4.78, 5) is 16.7. The van der Waals surface area contributed by atoms with Crippen molar-refractivity contribution in [3.05, 3.63) is 72.6 Å². The average Bonchev–Trinajstić information content (AvgIpc) is 2.72. The van der Waals surface area contributed by atoms with E-state index >= 15 is 0 Å². The van der Waals surface area contributed by atoms with E-state index in [9.17, 15) is 4.79 Å². The Morgan fingerprint density at radius 1 is 0.893 bits per heavy atom. The molecule has 2 aromatic carbocycles. The van der Waals surface area contributed by atoms with Gasteiger partial charge in [-0.2, -0.15) is 0 Å². The van der Waals surface area contributed by atoms with Crippen molar-refractivity contribution in [2.24, 2.45) is 0 Å². The maximum atomic E-state index is 12.5. The molecule has 0 unspecified atom stereocenters. The lowest BCUT2D eigenvalue weighted by Crippen LogP contribution is -2.14. The van der Waals surface area contributed by atoms with Crippen molar-refractivity contribution < 1.29 is 14.3 Å². The van der Waals surface area contributed by atoms with Crippen LogP contribution in [0.1, 0.15) is 24.3 Å². The zero-order valence-electron chi connectivity index (χ0n) is 15.9. The van der Waals surface area contributed by atoms with Crippen LogP contribution in [0.3, 0.4) is 0 Å². The van der Waals surface area contributed by atoms with Crippen LogP contribution in [0, 0.1) is 0 Å². The second kappa shape index (κ2) is 9.41. The van der Waals surface area contributed by atoms with Crippen molar-refractivity contribution in [1.82, 2.24) is 4.98 Å². The van der Waals surface area contributed by atoms with Gasteiger partial charge >= 0.3 is 0 Å². The third-order valence-electron chi connectivity index (χ3n) is 3.89. The van der Waals surface area contributed by atoms with Gasteiger partial charge < -0.3 is 20.1 Å². The molecule has 1 aromatic heterocycles. The first kappa shape index (κ1) is 19.2. The van der Waals surface area contributed by atoms with Crippen LogP contribution < -0.4 is 20.1 Å². The van der Waals surface area contributed by atoms with Crippen molar-refractivity contribution >= 4 is 23.0 Å². The highest BCUT2D eigenvalue weighted by atomic mass is 16.5. The summed E-state index contributed by atoms with van der Waals surface area (Å²) < 4.78 is 11.0. The van der Waals surface area contributed by atoms with Gasteiger partial charge in [-0.3, -0.25) is 4.79 Å². The van der Waals surface area contributed by atoms with Crippen molar-refractivity contribution in [3.8, 4) is 11.5 Å². The summed E-state index contributed by atoms with van der Waals surface area (Å²) >= 11 is 0. The number of para-hydroxylation sites is 2. The van der Waals surface area contributed by atoms with Crippen LogP contribution in [0.4, 0.5) is 17.1 Å². The quantitative estimate of drug-likeness (QED) is 0.586. The minimum atomic E-state index is -0.292. The number of nitrogens with zero attached hydrogens (tertiary/aromatic N) is 1. The number of nitrogens with one attached hydrogen (secondary N) is 2. The molecule has 0 bridgehead atoms. The molecular formula is C22H23N3O3.